The molecule has 0 radical (unpaired) electrons. The summed E-state index contributed by atoms with van der Waals surface area (Å²) < 4.78 is 5.41. The second-order valence-corrected chi connectivity index (χ2v) is 3.72. The fourth-order valence-electron chi connectivity index (χ4n) is 1.23. The largest absolute Gasteiger partial charge is 0.481 e. The van der Waals surface area contributed by atoms with Gasteiger partial charge in [0.05, 0.1) is 6.61 Å². The Morgan fingerprint density at radius 3 is 2.88 bits per heavy atom. The summed E-state index contributed by atoms with van der Waals surface area (Å²) in [4.78, 5) is 11.3. The second-order valence-electron chi connectivity index (χ2n) is 3.28. The van der Waals surface area contributed by atoms with Gasteiger partial charge in [-0.05, 0) is 25.1 Å². The Morgan fingerprint density at radius 2 is 2.31 bits per heavy atom. The number of hydrogen-bond donors (Lipinski definition) is 2. The molecule has 5 heteroatoms. The number of nitrogens with one attached hydrogen (secondary N) is 1. The molecule has 0 aliphatic rings. The summed E-state index contributed by atoms with van der Waals surface area (Å²) in [5, 5.41) is 12.1. The van der Waals surface area contributed by atoms with Gasteiger partial charge in [-0.1, -0.05) is 11.6 Å². The molecule has 0 saturated carbocycles. The lowest BCUT2D eigenvalue weighted by Crippen LogP contribution is -2.33. The molecule has 1 atom stereocenters. The molecular weight excluding hydrogens is 230 g/mol. The van der Waals surface area contributed by atoms with Crippen LogP contribution in [0.2, 0.25) is 5.02 Å². The number of carbonyl (C=O) groups is 1. The minimum Gasteiger partial charge on any atom is -0.481 e. The predicted molar refractivity (Wildman–Crippen MR) is 61.5 cm³/mol. The van der Waals surface area contributed by atoms with Gasteiger partial charge in [-0.15, -0.1) is 0 Å². The first-order chi connectivity index (χ1) is 7.58. The number of amides is 1. The van der Waals surface area contributed by atoms with Gasteiger partial charge in [0.2, 0.25) is 0 Å². The van der Waals surface area contributed by atoms with Crippen LogP contribution in [0.4, 0.5) is 0 Å². The maximum atomic E-state index is 11.3. The van der Waals surface area contributed by atoms with Crippen LogP contribution in [0, 0.1) is 0 Å². The fraction of sp³-hybridized carbons (Fsp3) is 0.364. The minimum atomic E-state index is -0.614. The molecule has 0 aliphatic heterocycles. The van der Waals surface area contributed by atoms with E-state index in [1.54, 1.807) is 25.1 Å². The average Bonchev–Trinajstić information content (AvgIpc) is 2.30. The number of carbonyl (C=O) groups excluding carboxylic acids is 1. The zero-order valence-corrected chi connectivity index (χ0v) is 9.91. The van der Waals surface area contributed by atoms with Gasteiger partial charge in [-0.25, -0.2) is 0 Å². The van der Waals surface area contributed by atoms with Crippen LogP contribution in [-0.4, -0.2) is 24.2 Å². The van der Waals surface area contributed by atoms with E-state index in [1.165, 1.54) is 7.05 Å². The maximum Gasteiger partial charge on any atom is 0.260 e. The molecule has 88 valence electrons. The van der Waals surface area contributed by atoms with Crippen molar-refractivity contribution < 1.29 is 14.6 Å². The molecule has 0 bridgehead atoms. The van der Waals surface area contributed by atoms with Gasteiger partial charge in [-0.3, -0.25) is 4.79 Å². The molecule has 1 aromatic rings. The monoisotopic (exact) mass is 243 g/mol. The number of hydrogen-bond acceptors (Lipinski definition) is 3. The quantitative estimate of drug-likeness (QED) is 0.839. The summed E-state index contributed by atoms with van der Waals surface area (Å²) in [6.07, 6.45) is -0.614. The van der Waals surface area contributed by atoms with Gasteiger partial charge in [0.1, 0.15) is 5.75 Å². The zero-order chi connectivity index (χ0) is 12.1. The Hall–Kier alpha value is -1.26. The van der Waals surface area contributed by atoms with Crippen LogP contribution >= 0.6 is 11.6 Å². The Balaban J connectivity index is 2.84. The zero-order valence-electron chi connectivity index (χ0n) is 9.16. The molecule has 1 unspecified atom stereocenters. The number of ether oxygens (including phenoxy) is 1. The van der Waals surface area contributed by atoms with Crippen LogP contribution < -0.4 is 10.1 Å². The second kappa shape index (κ2) is 5.72. The van der Waals surface area contributed by atoms with Crippen LogP contribution in [0.25, 0.3) is 0 Å². The Labute approximate surface area is 99.2 Å². The topological polar surface area (TPSA) is 58.6 Å². The van der Waals surface area contributed by atoms with Crippen molar-refractivity contribution in [1.29, 1.82) is 0 Å². The summed E-state index contributed by atoms with van der Waals surface area (Å²) >= 11 is 5.78. The molecule has 1 aromatic carbocycles. The molecule has 1 rings (SSSR count). The Bertz CT molecular complexity index is 381. The van der Waals surface area contributed by atoms with Gasteiger partial charge < -0.3 is 15.2 Å². The van der Waals surface area contributed by atoms with E-state index in [9.17, 15) is 4.79 Å². The average molecular weight is 244 g/mol. The van der Waals surface area contributed by atoms with E-state index in [0.29, 0.717) is 16.3 Å². The van der Waals surface area contributed by atoms with Crippen molar-refractivity contribution in [2.45, 2.75) is 19.6 Å². The van der Waals surface area contributed by atoms with E-state index >= 15 is 0 Å². The van der Waals surface area contributed by atoms with Crippen LogP contribution in [-0.2, 0) is 11.4 Å². The lowest BCUT2D eigenvalue weighted by molar-refractivity contribution is -0.126. The summed E-state index contributed by atoms with van der Waals surface area (Å²) in [5.41, 5.74) is 0.559. The van der Waals surface area contributed by atoms with E-state index in [0.717, 1.165) is 0 Å². The van der Waals surface area contributed by atoms with Crippen molar-refractivity contribution in [3.63, 3.8) is 0 Å². The summed E-state index contributed by atoms with van der Waals surface area (Å²) in [5.74, 6) is 0.238. The first-order valence-electron chi connectivity index (χ1n) is 4.86. The van der Waals surface area contributed by atoms with Crippen LogP contribution in [0.1, 0.15) is 12.5 Å². The molecular formula is C11H14ClNO3. The van der Waals surface area contributed by atoms with E-state index in [-0.39, 0.29) is 12.5 Å². The molecule has 2 N–H and O–H groups in total. The highest BCUT2D eigenvalue weighted by Gasteiger charge is 2.14. The lowest BCUT2D eigenvalue weighted by atomic mass is 10.2. The Morgan fingerprint density at radius 1 is 1.62 bits per heavy atom. The molecule has 0 aliphatic carbocycles. The number of halogens is 1. The third-order valence-corrected chi connectivity index (χ3v) is 2.35. The number of rotatable bonds is 4. The Kier molecular flexibility index (Phi) is 4.58. The summed E-state index contributed by atoms with van der Waals surface area (Å²) in [6, 6.07) is 4.88. The van der Waals surface area contributed by atoms with Crippen LogP contribution in [0.15, 0.2) is 18.2 Å². The van der Waals surface area contributed by atoms with Crippen LogP contribution in [0.5, 0.6) is 5.75 Å². The lowest BCUT2D eigenvalue weighted by Gasteiger charge is -2.15. The first kappa shape index (κ1) is 12.8. The summed E-state index contributed by atoms with van der Waals surface area (Å²) in [6.45, 7) is 1.45. The van der Waals surface area contributed by atoms with Crippen molar-refractivity contribution in [1.82, 2.24) is 5.32 Å². The molecule has 0 spiro atoms. The van der Waals surface area contributed by atoms with E-state index in [1.807, 2.05) is 0 Å². The number of likely N-dealkylation sites (N-methyl/N-ethyl adjacent to an activating group) is 1. The van der Waals surface area contributed by atoms with Crippen LogP contribution in [0.3, 0.4) is 0 Å². The van der Waals surface area contributed by atoms with Gasteiger partial charge in [0, 0.05) is 17.6 Å². The highest BCUT2D eigenvalue weighted by molar-refractivity contribution is 6.30. The normalized spacial score (nSPS) is 12.0. The van der Waals surface area contributed by atoms with Crippen molar-refractivity contribution in [2.24, 2.45) is 0 Å². The molecule has 4 nitrogen and oxygen atoms in total. The molecule has 1 amide bonds. The number of aliphatic hydroxyl groups excluding tert-OH is 1. The number of aliphatic hydroxyl groups is 1. The number of benzene rings is 1. The van der Waals surface area contributed by atoms with Gasteiger partial charge in [0.15, 0.2) is 6.10 Å². The molecule has 0 heterocycles. The minimum absolute atomic E-state index is 0.184. The van der Waals surface area contributed by atoms with E-state index < -0.39 is 6.10 Å². The van der Waals surface area contributed by atoms with E-state index in [2.05, 4.69) is 5.32 Å². The van der Waals surface area contributed by atoms with Gasteiger partial charge >= 0.3 is 0 Å². The predicted octanol–water partition coefficient (Wildman–Crippen LogP) is 1.35. The molecule has 0 aromatic heterocycles. The smallest absolute Gasteiger partial charge is 0.260 e. The molecule has 16 heavy (non-hydrogen) atoms. The van der Waals surface area contributed by atoms with Crippen molar-refractivity contribution in [2.75, 3.05) is 7.05 Å². The summed E-state index contributed by atoms with van der Waals surface area (Å²) in [7, 11) is 1.54. The SMILES string of the molecule is CNC(=O)C(C)Oc1ccc(Cl)cc1CO. The standard InChI is InChI=1S/C11H14ClNO3/c1-7(11(15)13-2)16-10-4-3-9(12)5-8(10)6-14/h3-5,7,14H,6H2,1-2H3,(H,13,15). The van der Waals surface area contributed by atoms with Crippen molar-refractivity contribution in [3.05, 3.63) is 28.8 Å². The third kappa shape index (κ3) is 3.12. The van der Waals surface area contributed by atoms with Gasteiger partial charge in [-0.2, -0.15) is 0 Å². The highest BCUT2D eigenvalue weighted by Crippen LogP contribution is 2.23. The maximum absolute atomic E-state index is 11.3. The van der Waals surface area contributed by atoms with Crippen molar-refractivity contribution >= 4 is 17.5 Å². The van der Waals surface area contributed by atoms with Gasteiger partial charge in [0.25, 0.3) is 5.91 Å². The fourth-order valence-corrected chi connectivity index (χ4v) is 1.43. The first-order valence-corrected chi connectivity index (χ1v) is 5.23. The van der Waals surface area contributed by atoms with Crippen molar-refractivity contribution in [3.8, 4) is 5.75 Å². The third-order valence-electron chi connectivity index (χ3n) is 2.11. The molecule has 0 fully saturated rings. The highest BCUT2D eigenvalue weighted by atomic mass is 35.5. The van der Waals surface area contributed by atoms with E-state index in [4.69, 9.17) is 21.4 Å². The molecule has 0 saturated heterocycles.